The lowest BCUT2D eigenvalue weighted by Gasteiger charge is -2.35. The Morgan fingerprint density at radius 2 is 2.00 bits per heavy atom. The highest BCUT2D eigenvalue weighted by Gasteiger charge is 2.27. The van der Waals surface area contributed by atoms with Gasteiger partial charge in [-0.3, -0.25) is 14.5 Å². The fourth-order valence-corrected chi connectivity index (χ4v) is 4.49. The lowest BCUT2D eigenvalue weighted by Crippen LogP contribution is -2.46. The normalized spacial score (nSPS) is 23.7. The van der Waals surface area contributed by atoms with E-state index in [1.807, 2.05) is 6.92 Å². The van der Waals surface area contributed by atoms with Gasteiger partial charge in [-0.1, -0.05) is 36.2 Å². The van der Waals surface area contributed by atoms with Crippen LogP contribution in [0.2, 0.25) is 10.0 Å². The van der Waals surface area contributed by atoms with Crippen molar-refractivity contribution in [2.24, 2.45) is 5.92 Å². The summed E-state index contributed by atoms with van der Waals surface area (Å²) in [6.45, 7) is 5.69. The number of halogens is 2. The highest BCUT2D eigenvalue weighted by Crippen LogP contribution is 2.23. The molecule has 2 saturated heterocycles. The molecule has 0 aromatic heterocycles. The molecule has 0 spiro atoms. The van der Waals surface area contributed by atoms with Gasteiger partial charge in [0.1, 0.15) is 0 Å². The molecule has 1 unspecified atom stereocenters. The summed E-state index contributed by atoms with van der Waals surface area (Å²) in [7, 11) is 0. The number of aliphatic hydroxyl groups excluding tert-OH is 2. The first-order valence-corrected chi connectivity index (χ1v) is 12.3. The minimum absolute atomic E-state index is 0.00631. The number of hydrogen-bond acceptors (Lipinski definition) is 5. The summed E-state index contributed by atoms with van der Waals surface area (Å²) in [5.41, 5.74) is 0.773. The molecule has 33 heavy (non-hydrogen) atoms. The molecule has 0 aliphatic carbocycles. The number of aliphatic hydroxyl groups is 2. The summed E-state index contributed by atoms with van der Waals surface area (Å²) in [6, 6.07) is 5.15. The first-order valence-electron chi connectivity index (χ1n) is 11.5. The largest absolute Gasteiger partial charge is 0.392 e. The van der Waals surface area contributed by atoms with Crippen molar-refractivity contribution in [3.05, 3.63) is 39.9 Å². The predicted octanol–water partition coefficient (Wildman–Crippen LogP) is 2.52. The van der Waals surface area contributed by atoms with Gasteiger partial charge in [0.15, 0.2) is 0 Å². The zero-order valence-corrected chi connectivity index (χ0v) is 20.5. The summed E-state index contributed by atoms with van der Waals surface area (Å²) in [4.78, 5) is 30.6. The van der Waals surface area contributed by atoms with Crippen molar-refractivity contribution in [1.29, 1.82) is 0 Å². The molecular weight excluding hydrogens is 465 g/mol. The second-order valence-corrected chi connectivity index (χ2v) is 9.81. The minimum Gasteiger partial charge on any atom is -0.392 e. The molecule has 0 bridgehead atoms. The van der Waals surface area contributed by atoms with Crippen LogP contribution < -0.4 is 0 Å². The van der Waals surface area contributed by atoms with Gasteiger partial charge in [-0.15, -0.1) is 0 Å². The van der Waals surface area contributed by atoms with E-state index in [-0.39, 0.29) is 30.3 Å². The molecule has 3 rings (SSSR count). The summed E-state index contributed by atoms with van der Waals surface area (Å²) in [5.74, 6) is 0.124. The maximum Gasteiger partial charge on any atom is 0.246 e. The second-order valence-electron chi connectivity index (χ2n) is 9.00. The number of hydrogen-bond donors (Lipinski definition) is 2. The highest BCUT2D eigenvalue weighted by atomic mass is 35.5. The van der Waals surface area contributed by atoms with Crippen LogP contribution in [0.1, 0.15) is 31.7 Å². The van der Waals surface area contributed by atoms with Gasteiger partial charge < -0.3 is 20.0 Å². The third-order valence-corrected chi connectivity index (χ3v) is 7.20. The molecule has 9 heteroatoms. The Labute approximate surface area is 205 Å². The Balaban J connectivity index is 1.45. The average Bonchev–Trinajstić information content (AvgIpc) is 2.97. The van der Waals surface area contributed by atoms with Crippen molar-refractivity contribution in [2.45, 2.75) is 38.4 Å². The smallest absolute Gasteiger partial charge is 0.246 e. The van der Waals surface area contributed by atoms with E-state index in [0.29, 0.717) is 55.7 Å². The van der Waals surface area contributed by atoms with Crippen LogP contribution in [0, 0.1) is 5.92 Å². The number of likely N-dealkylation sites (tertiary alicyclic amines) is 1. The van der Waals surface area contributed by atoms with Crippen LogP contribution in [0.25, 0.3) is 6.08 Å². The SMILES string of the molecule is C[C@H]1CCN(CC(O)CCN2CCN(C(=O)C=Cc3ccc(Cl)c(Cl)c3)CCC2=O)C[C@@H]1O. The van der Waals surface area contributed by atoms with Crippen LogP contribution in [0.3, 0.4) is 0 Å². The van der Waals surface area contributed by atoms with Crippen molar-refractivity contribution < 1.29 is 19.8 Å². The van der Waals surface area contributed by atoms with Crippen molar-refractivity contribution >= 4 is 41.1 Å². The molecule has 2 fully saturated rings. The van der Waals surface area contributed by atoms with E-state index >= 15 is 0 Å². The number of rotatable bonds is 7. The molecule has 2 aliphatic heterocycles. The average molecular weight is 498 g/mol. The number of carbonyl (C=O) groups excluding carboxylic acids is 2. The number of benzene rings is 1. The van der Waals surface area contributed by atoms with Crippen LogP contribution in [0.5, 0.6) is 0 Å². The first-order chi connectivity index (χ1) is 15.7. The van der Waals surface area contributed by atoms with Crippen LogP contribution in [-0.4, -0.2) is 94.7 Å². The van der Waals surface area contributed by atoms with Gasteiger partial charge in [-0.2, -0.15) is 0 Å². The molecule has 2 heterocycles. The van der Waals surface area contributed by atoms with Gasteiger partial charge in [0.25, 0.3) is 0 Å². The summed E-state index contributed by atoms with van der Waals surface area (Å²) >= 11 is 11.9. The highest BCUT2D eigenvalue weighted by molar-refractivity contribution is 6.42. The van der Waals surface area contributed by atoms with E-state index in [9.17, 15) is 19.8 Å². The standard InChI is InChI=1S/C24H33Cl2N3O4/c1-17-6-9-27(16-22(17)31)15-19(30)7-10-28-12-13-29(11-8-24(28)33)23(32)5-3-18-2-4-20(25)21(26)14-18/h2-5,14,17,19,22,30-31H,6-13,15-16H2,1H3/t17-,19?,22-/m0/s1. The Morgan fingerprint density at radius 3 is 2.73 bits per heavy atom. The molecule has 0 saturated carbocycles. The maximum atomic E-state index is 12.6. The fraction of sp³-hybridized carbons (Fsp3) is 0.583. The number of piperidine rings is 1. The Morgan fingerprint density at radius 1 is 1.21 bits per heavy atom. The van der Waals surface area contributed by atoms with Crippen molar-refractivity contribution in [3.63, 3.8) is 0 Å². The van der Waals surface area contributed by atoms with E-state index in [1.54, 1.807) is 34.1 Å². The van der Waals surface area contributed by atoms with Crippen LogP contribution in [0.15, 0.2) is 24.3 Å². The third-order valence-electron chi connectivity index (χ3n) is 6.47. The predicted molar refractivity (Wildman–Crippen MR) is 130 cm³/mol. The Kier molecular flexibility index (Phi) is 9.58. The number of carbonyl (C=O) groups is 2. The van der Waals surface area contributed by atoms with Crippen LogP contribution >= 0.6 is 23.2 Å². The van der Waals surface area contributed by atoms with Crippen molar-refractivity contribution in [1.82, 2.24) is 14.7 Å². The fourth-order valence-electron chi connectivity index (χ4n) is 4.19. The maximum absolute atomic E-state index is 12.6. The molecule has 0 radical (unpaired) electrons. The van der Waals surface area contributed by atoms with E-state index < -0.39 is 6.10 Å². The summed E-state index contributed by atoms with van der Waals surface area (Å²) in [6.07, 6.45) is 3.90. The molecule has 2 N–H and O–H groups in total. The van der Waals surface area contributed by atoms with Gasteiger partial charge in [-0.25, -0.2) is 0 Å². The topological polar surface area (TPSA) is 84.3 Å². The number of amides is 2. The first kappa shape index (κ1) is 26.0. The number of β-amino-alcohol motifs (C(OH)–C–C–N with tert-alkyl or cyclic N) is 2. The van der Waals surface area contributed by atoms with E-state index in [2.05, 4.69) is 4.90 Å². The lowest BCUT2D eigenvalue weighted by molar-refractivity contribution is -0.130. The molecule has 2 amide bonds. The van der Waals surface area contributed by atoms with Gasteiger partial charge in [-0.05, 0) is 49.1 Å². The van der Waals surface area contributed by atoms with Gasteiger partial charge >= 0.3 is 0 Å². The Hall–Kier alpha value is -1.64. The molecule has 2 aliphatic rings. The summed E-state index contributed by atoms with van der Waals surface area (Å²) in [5, 5.41) is 21.4. The number of nitrogens with zero attached hydrogens (tertiary/aromatic N) is 3. The van der Waals surface area contributed by atoms with E-state index in [4.69, 9.17) is 23.2 Å². The zero-order chi connectivity index (χ0) is 24.0. The van der Waals surface area contributed by atoms with E-state index in [1.165, 1.54) is 6.08 Å². The minimum atomic E-state index is -0.562. The lowest BCUT2D eigenvalue weighted by atomic mass is 9.96. The molecular formula is C24H33Cl2N3O4. The van der Waals surface area contributed by atoms with Crippen LogP contribution in [0.4, 0.5) is 0 Å². The molecule has 1 aromatic rings. The van der Waals surface area contributed by atoms with Gasteiger partial charge in [0.2, 0.25) is 11.8 Å². The monoisotopic (exact) mass is 497 g/mol. The Bertz CT molecular complexity index is 866. The molecule has 7 nitrogen and oxygen atoms in total. The molecule has 3 atom stereocenters. The van der Waals surface area contributed by atoms with Crippen LogP contribution in [-0.2, 0) is 9.59 Å². The van der Waals surface area contributed by atoms with Crippen molar-refractivity contribution in [2.75, 3.05) is 45.8 Å². The summed E-state index contributed by atoms with van der Waals surface area (Å²) < 4.78 is 0. The van der Waals surface area contributed by atoms with Crippen molar-refractivity contribution in [3.8, 4) is 0 Å². The van der Waals surface area contributed by atoms with Gasteiger partial charge in [0.05, 0.1) is 22.3 Å². The van der Waals surface area contributed by atoms with E-state index in [0.717, 1.165) is 18.5 Å². The molecule has 182 valence electrons. The second kappa shape index (κ2) is 12.2. The zero-order valence-electron chi connectivity index (χ0n) is 19.0. The van der Waals surface area contributed by atoms with Gasteiger partial charge in [0, 0.05) is 51.8 Å². The quantitative estimate of drug-likeness (QED) is 0.565. The molecule has 1 aromatic carbocycles. The third kappa shape index (κ3) is 7.69.